The van der Waals surface area contributed by atoms with Crippen molar-refractivity contribution in [3.8, 4) is 5.75 Å². The second-order valence-corrected chi connectivity index (χ2v) is 7.52. The van der Waals surface area contributed by atoms with Crippen molar-refractivity contribution >= 4 is 28.2 Å². The van der Waals surface area contributed by atoms with Crippen molar-refractivity contribution < 1.29 is 4.74 Å². The Hall–Kier alpha value is -2.05. The van der Waals surface area contributed by atoms with Gasteiger partial charge in [0.15, 0.2) is 4.34 Å². The number of hydrogen-bond acceptors (Lipinski definition) is 6. The van der Waals surface area contributed by atoms with E-state index in [4.69, 9.17) is 4.74 Å². The number of aryl methyl sites for hydroxylation is 1. The van der Waals surface area contributed by atoms with Crippen molar-refractivity contribution in [1.29, 1.82) is 0 Å². The third kappa shape index (κ3) is 4.49. The molecule has 0 spiro atoms. The first-order valence-corrected chi connectivity index (χ1v) is 9.42. The normalized spacial score (nSPS) is 10.6. The first-order chi connectivity index (χ1) is 11.7. The average Bonchev–Trinajstić information content (AvgIpc) is 3.07. The van der Waals surface area contributed by atoms with Gasteiger partial charge in [-0.25, -0.2) is 0 Å². The van der Waals surface area contributed by atoms with E-state index in [2.05, 4.69) is 46.7 Å². The zero-order valence-electron chi connectivity index (χ0n) is 13.7. The first-order valence-electron chi connectivity index (χ1n) is 7.62. The van der Waals surface area contributed by atoms with Crippen molar-refractivity contribution in [1.82, 2.24) is 10.2 Å². The van der Waals surface area contributed by atoms with Gasteiger partial charge < -0.3 is 10.1 Å². The van der Waals surface area contributed by atoms with Crippen LogP contribution in [0.3, 0.4) is 0 Å². The molecule has 0 saturated carbocycles. The fourth-order valence-electron chi connectivity index (χ4n) is 2.27. The monoisotopic (exact) mass is 357 g/mol. The number of ether oxygens (including phenoxy) is 1. The molecule has 1 heterocycles. The lowest BCUT2D eigenvalue weighted by molar-refractivity contribution is 0.411. The van der Waals surface area contributed by atoms with Crippen LogP contribution in [0, 0.1) is 6.92 Å². The van der Waals surface area contributed by atoms with Gasteiger partial charge in [0, 0.05) is 17.9 Å². The van der Waals surface area contributed by atoms with Crippen molar-refractivity contribution in [3.05, 3.63) is 65.2 Å². The molecule has 3 aromatic rings. The van der Waals surface area contributed by atoms with E-state index in [0.717, 1.165) is 27.5 Å². The number of anilines is 1. The fourth-order valence-corrected chi connectivity index (χ4v) is 4.00. The summed E-state index contributed by atoms with van der Waals surface area (Å²) < 4.78 is 6.38. The van der Waals surface area contributed by atoms with Crippen LogP contribution in [0.2, 0.25) is 0 Å². The lowest BCUT2D eigenvalue weighted by atomic mass is 10.1. The molecule has 124 valence electrons. The Morgan fingerprint density at radius 2 is 1.96 bits per heavy atom. The van der Waals surface area contributed by atoms with Gasteiger partial charge >= 0.3 is 0 Å². The third-order valence-electron chi connectivity index (χ3n) is 3.48. The van der Waals surface area contributed by atoms with Crippen molar-refractivity contribution in [2.45, 2.75) is 23.6 Å². The van der Waals surface area contributed by atoms with Crippen LogP contribution in [-0.2, 0) is 12.3 Å². The molecule has 1 aromatic heterocycles. The molecular weight excluding hydrogens is 338 g/mol. The molecule has 4 nitrogen and oxygen atoms in total. The molecule has 2 aromatic carbocycles. The number of methoxy groups -OCH3 is 1. The summed E-state index contributed by atoms with van der Waals surface area (Å²) in [6.07, 6.45) is 0. The summed E-state index contributed by atoms with van der Waals surface area (Å²) in [6, 6.07) is 16.5. The molecule has 0 aliphatic carbocycles. The largest absolute Gasteiger partial charge is 0.496 e. The molecule has 6 heteroatoms. The Labute approximate surface area is 150 Å². The Kier molecular flexibility index (Phi) is 5.72. The van der Waals surface area contributed by atoms with Crippen LogP contribution in [0.5, 0.6) is 5.75 Å². The molecule has 0 unspecified atom stereocenters. The Bertz CT molecular complexity index is 790. The van der Waals surface area contributed by atoms with Crippen LogP contribution < -0.4 is 10.1 Å². The molecule has 1 N–H and O–H groups in total. The Morgan fingerprint density at radius 3 is 2.75 bits per heavy atom. The number of thioether (sulfide) groups is 1. The summed E-state index contributed by atoms with van der Waals surface area (Å²) in [7, 11) is 1.70. The molecule has 24 heavy (non-hydrogen) atoms. The molecule has 0 radical (unpaired) electrons. The van der Waals surface area contributed by atoms with Gasteiger partial charge in [-0.2, -0.15) is 0 Å². The summed E-state index contributed by atoms with van der Waals surface area (Å²) in [5.41, 5.74) is 3.64. The summed E-state index contributed by atoms with van der Waals surface area (Å²) in [5.74, 6) is 1.73. The van der Waals surface area contributed by atoms with Gasteiger partial charge in [-0.15, -0.1) is 10.2 Å². The van der Waals surface area contributed by atoms with E-state index < -0.39 is 0 Å². The van der Waals surface area contributed by atoms with Gasteiger partial charge in [-0.3, -0.25) is 0 Å². The van der Waals surface area contributed by atoms with Gasteiger partial charge in [0.05, 0.1) is 7.11 Å². The van der Waals surface area contributed by atoms with Gasteiger partial charge in [0.2, 0.25) is 5.13 Å². The van der Waals surface area contributed by atoms with E-state index in [1.54, 1.807) is 30.2 Å². The number of aromatic nitrogens is 2. The lowest BCUT2D eigenvalue weighted by Crippen LogP contribution is -1.98. The maximum absolute atomic E-state index is 5.42. The first kappa shape index (κ1) is 16.8. The summed E-state index contributed by atoms with van der Waals surface area (Å²) in [5, 5.41) is 12.6. The highest BCUT2D eigenvalue weighted by molar-refractivity contribution is 8.00. The Balaban J connectivity index is 1.57. The van der Waals surface area contributed by atoms with Gasteiger partial charge in [-0.1, -0.05) is 71.1 Å². The molecule has 0 amide bonds. The topological polar surface area (TPSA) is 47.0 Å². The minimum absolute atomic E-state index is 0.756. The fraction of sp³-hybridized carbons (Fsp3) is 0.222. The molecule has 0 aliphatic rings. The second-order valence-electron chi connectivity index (χ2n) is 5.32. The number of nitrogens with zero attached hydrogens (tertiary/aromatic N) is 2. The molecular formula is C18H19N3OS2. The summed E-state index contributed by atoms with van der Waals surface area (Å²) in [6.45, 7) is 2.84. The summed E-state index contributed by atoms with van der Waals surface area (Å²) in [4.78, 5) is 0. The van der Waals surface area contributed by atoms with Crippen LogP contribution in [0.1, 0.15) is 16.7 Å². The van der Waals surface area contributed by atoms with E-state index in [0.29, 0.717) is 0 Å². The standard InChI is InChI=1S/C18H19N3OS2/c1-13-8-9-16(22-2)15(10-13)12-23-18-21-20-17(24-18)19-11-14-6-4-3-5-7-14/h3-10H,11-12H2,1-2H3,(H,19,20). The van der Waals surface area contributed by atoms with Gasteiger partial charge in [-0.05, 0) is 18.6 Å². The number of rotatable bonds is 7. The second kappa shape index (κ2) is 8.17. The molecule has 0 aliphatic heterocycles. The quantitative estimate of drug-likeness (QED) is 0.618. The van der Waals surface area contributed by atoms with E-state index in [1.807, 2.05) is 24.3 Å². The molecule has 0 saturated heterocycles. The molecule has 0 bridgehead atoms. The zero-order valence-corrected chi connectivity index (χ0v) is 15.3. The van der Waals surface area contributed by atoms with Crippen LogP contribution >= 0.6 is 23.1 Å². The highest BCUT2D eigenvalue weighted by atomic mass is 32.2. The minimum Gasteiger partial charge on any atom is -0.496 e. The molecule has 3 rings (SSSR count). The van der Waals surface area contributed by atoms with Crippen molar-refractivity contribution in [3.63, 3.8) is 0 Å². The van der Waals surface area contributed by atoms with E-state index in [-0.39, 0.29) is 0 Å². The maximum Gasteiger partial charge on any atom is 0.206 e. The average molecular weight is 358 g/mol. The zero-order chi connectivity index (χ0) is 16.8. The van der Waals surface area contributed by atoms with Crippen LogP contribution in [0.25, 0.3) is 0 Å². The predicted molar refractivity (Wildman–Crippen MR) is 101 cm³/mol. The lowest BCUT2D eigenvalue weighted by Gasteiger charge is -2.08. The number of nitrogens with one attached hydrogen (secondary N) is 1. The van der Waals surface area contributed by atoms with Crippen molar-refractivity contribution in [2.24, 2.45) is 0 Å². The minimum atomic E-state index is 0.756. The number of benzene rings is 2. The SMILES string of the molecule is COc1ccc(C)cc1CSc1nnc(NCc2ccccc2)s1. The van der Waals surface area contributed by atoms with Gasteiger partial charge in [0.1, 0.15) is 5.75 Å². The van der Waals surface area contributed by atoms with Gasteiger partial charge in [0.25, 0.3) is 0 Å². The highest BCUT2D eigenvalue weighted by Gasteiger charge is 2.08. The van der Waals surface area contributed by atoms with Crippen molar-refractivity contribution in [2.75, 3.05) is 12.4 Å². The smallest absolute Gasteiger partial charge is 0.206 e. The van der Waals surface area contributed by atoms with E-state index in [9.17, 15) is 0 Å². The Morgan fingerprint density at radius 1 is 1.12 bits per heavy atom. The van der Waals surface area contributed by atoms with Crippen LogP contribution in [0.4, 0.5) is 5.13 Å². The van der Waals surface area contributed by atoms with E-state index in [1.165, 1.54) is 16.7 Å². The highest BCUT2D eigenvalue weighted by Crippen LogP contribution is 2.31. The number of hydrogen-bond donors (Lipinski definition) is 1. The molecule has 0 fully saturated rings. The molecule has 0 atom stereocenters. The maximum atomic E-state index is 5.42. The van der Waals surface area contributed by atoms with Crippen LogP contribution in [-0.4, -0.2) is 17.3 Å². The third-order valence-corrected chi connectivity index (χ3v) is 5.54. The summed E-state index contributed by atoms with van der Waals surface area (Å²) >= 11 is 3.26. The van der Waals surface area contributed by atoms with E-state index >= 15 is 0 Å². The predicted octanol–water partition coefficient (Wildman–Crippen LogP) is 4.76. The van der Waals surface area contributed by atoms with Crippen LogP contribution in [0.15, 0.2) is 52.9 Å².